The average molecular weight is 647 g/mol. The van der Waals surface area contributed by atoms with Gasteiger partial charge in [0.05, 0.1) is 0 Å². The Morgan fingerprint density at radius 3 is 1.51 bits per heavy atom. The maximum absolute atomic E-state index is 6.64. The molecule has 0 saturated heterocycles. The van der Waals surface area contributed by atoms with Crippen LogP contribution in [0.4, 0.5) is 0 Å². The molecule has 1 aliphatic heterocycles. The summed E-state index contributed by atoms with van der Waals surface area (Å²) in [6, 6.07) is 66.2. The van der Waals surface area contributed by atoms with Crippen LogP contribution in [0.3, 0.4) is 0 Å². The van der Waals surface area contributed by atoms with E-state index in [9.17, 15) is 0 Å². The second-order valence-electron chi connectivity index (χ2n) is 13.6. The molecule has 0 fully saturated rings. The minimum atomic E-state index is 0.895. The molecule has 0 aliphatic carbocycles. The summed E-state index contributed by atoms with van der Waals surface area (Å²) in [5, 5.41) is 10.2. The van der Waals surface area contributed by atoms with E-state index >= 15 is 0 Å². The highest BCUT2D eigenvalue weighted by Crippen LogP contribution is 2.49. The van der Waals surface area contributed by atoms with Gasteiger partial charge in [-0.2, -0.15) is 0 Å². The third-order valence-electron chi connectivity index (χ3n) is 10.8. The number of ether oxygens (including phenoxy) is 1. The highest BCUT2D eigenvalue weighted by Gasteiger charge is 2.22. The van der Waals surface area contributed by atoms with Gasteiger partial charge in [-0.25, -0.2) is 0 Å². The first kappa shape index (κ1) is 28.2. The predicted octanol–water partition coefficient (Wildman–Crippen LogP) is 14.2. The number of fused-ring (bicyclic) bond motifs is 2. The van der Waals surface area contributed by atoms with Crippen molar-refractivity contribution in [2.45, 2.75) is 0 Å². The molecule has 11 rings (SSSR count). The van der Waals surface area contributed by atoms with E-state index in [1.54, 1.807) is 0 Å². The van der Waals surface area contributed by atoms with Gasteiger partial charge in [-0.3, -0.25) is 0 Å². The highest BCUT2D eigenvalue weighted by molar-refractivity contribution is 6.27. The van der Waals surface area contributed by atoms with Gasteiger partial charge in [-0.05, 0) is 112 Å². The highest BCUT2D eigenvalue weighted by atomic mass is 16.5. The summed E-state index contributed by atoms with van der Waals surface area (Å²) >= 11 is 0. The summed E-state index contributed by atoms with van der Waals surface area (Å²) in [6.07, 6.45) is 0. The lowest BCUT2D eigenvalue weighted by Crippen LogP contribution is -1.98. The standard InChI is InChI=1S/C50H30O/c1-3-8-31(9-4-1)37-22-27-46-45(29-37)42-13-7-12-38-28-39(30-47(51-46)48(38)42)32-14-16-34(17-15-32)41-24-19-36-20-25-43-40(33-10-5-2-6-11-33)23-18-35-21-26-44(41)50(36)49(35)43/h1-30H. The molecule has 10 aromatic carbocycles. The maximum Gasteiger partial charge on any atom is 0.136 e. The quantitative estimate of drug-likeness (QED) is 0.173. The van der Waals surface area contributed by atoms with Crippen LogP contribution in [0, 0.1) is 0 Å². The fraction of sp³-hybridized carbons (Fsp3) is 0. The van der Waals surface area contributed by atoms with Crippen molar-refractivity contribution in [1.29, 1.82) is 0 Å². The van der Waals surface area contributed by atoms with Gasteiger partial charge in [0, 0.05) is 10.9 Å². The van der Waals surface area contributed by atoms with Crippen LogP contribution in [0.15, 0.2) is 182 Å². The van der Waals surface area contributed by atoms with Gasteiger partial charge in [-0.1, -0.05) is 158 Å². The molecule has 0 bridgehead atoms. The van der Waals surface area contributed by atoms with E-state index in [4.69, 9.17) is 4.74 Å². The van der Waals surface area contributed by atoms with E-state index in [-0.39, 0.29) is 0 Å². The zero-order valence-electron chi connectivity index (χ0n) is 27.7. The van der Waals surface area contributed by atoms with Crippen molar-refractivity contribution in [1.82, 2.24) is 0 Å². The molecule has 0 saturated carbocycles. The van der Waals surface area contributed by atoms with Crippen LogP contribution in [0.25, 0.3) is 98.7 Å². The zero-order chi connectivity index (χ0) is 33.5. The normalized spacial score (nSPS) is 12.1. The molecule has 10 aromatic rings. The summed E-state index contributed by atoms with van der Waals surface area (Å²) in [7, 11) is 0. The Balaban J connectivity index is 0.995. The Kier molecular flexibility index (Phi) is 6.02. The topological polar surface area (TPSA) is 9.23 Å². The van der Waals surface area contributed by atoms with Crippen molar-refractivity contribution < 1.29 is 4.74 Å². The Labute approximate surface area is 296 Å². The number of rotatable bonds is 4. The van der Waals surface area contributed by atoms with Crippen LogP contribution in [-0.2, 0) is 0 Å². The number of hydrogen-bond acceptors (Lipinski definition) is 1. The third-order valence-corrected chi connectivity index (χ3v) is 10.8. The van der Waals surface area contributed by atoms with Crippen molar-refractivity contribution in [3.63, 3.8) is 0 Å². The van der Waals surface area contributed by atoms with Crippen molar-refractivity contribution in [2.75, 3.05) is 0 Å². The lowest BCUT2D eigenvalue weighted by atomic mass is 9.87. The first-order valence-corrected chi connectivity index (χ1v) is 17.6. The van der Waals surface area contributed by atoms with Crippen LogP contribution in [0.1, 0.15) is 0 Å². The van der Waals surface area contributed by atoms with Gasteiger partial charge < -0.3 is 4.74 Å². The van der Waals surface area contributed by atoms with E-state index in [0.29, 0.717) is 0 Å². The van der Waals surface area contributed by atoms with Gasteiger partial charge in [-0.15, -0.1) is 0 Å². The third kappa shape index (κ3) is 4.35. The molecular formula is C50H30O. The minimum absolute atomic E-state index is 0.895. The lowest BCUT2D eigenvalue weighted by Gasteiger charge is -2.23. The van der Waals surface area contributed by atoms with Crippen LogP contribution >= 0.6 is 0 Å². The molecule has 51 heavy (non-hydrogen) atoms. The molecule has 0 atom stereocenters. The van der Waals surface area contributed by atoms with Crippen molar-refractivity contribution in [2.24, 2.45) is 0 Å². The van der Waals surface area contributed by atoms with Gasteiger partial charge in [0.2, 0.25) is 0 Å². The van der Waals surface area contributed by atoms with Crippen molar-refractivity contribution in [3.05, 3.63) is 182 Å². The molecule has 1 aliphatic rings. The zero-order valence-corrected chi connectivity index (χ0v) is 27.7. The fourth-order valence-electron chi connectivity index (χ4n) is 8.38. The maximum atomic E-state index is 6.64. The summed E-state index contributed by atoms with van der Waals surface area (Å²) in [6.45, 7) is 0. The molecule has 1 heterocycles. The van der Waals surface area contributed by atoms with E-state index in [2.05, 4.69) is 182 Å². The first-order valence-electron chi connectivity index (χ1n) is 17.6. The van der Waals surface area contributed by atoms with Crippen molar-refractivity contribution >= 4 is 43.1 Å². The van der Waals surface area contributed by atoms with Gasteiger partial charge >= 0.3 is 0 Å². The summed E-state index contributed by atoms with van der Waals surface area (Å²) < 4.78 is 6.64. The Morgan fingerprint density at radius 2 is 0.824 bits per heavy atom. The van der Waals surface area contributed by atoms with Gasteiger partial charge in [0.15, 0.2) is 0 Å². The van der Waals surface area contributed by atoms with E-state index < -0.39 is 0 Å². The molecule has 0 radical (unpaired) electrons. The molecule has 0 amide bonds. The van der Waals surface area contributed by atoms with Crippen LogP contribution in [0.2, 0.25) is 0 Å². The van der Waals surface area contributed by atoms with Gasteiger partial charge in [0.1, 0.15) is 11.5 Å². The van der Waals surface area contributed by atoms with Crippen LogP contribution in [-0.4, -0.2) is 0 Å². The van der Waals surface area contributed by atoms with Crippen LogP contribution in [0.5, 0.6) is 11.5 Å². The predicted molar refractivity (Wildman–Crippen MR) is 215 cm³/mol. The molecule has 1 nitrogen and oxygen atoms in total. The molecular weight excluding hydrogens is 617 g/mol. The van der Waals surface area contributed by atoms with Crippen molar-refractivity contribution in [3.8, 4) is 67.1 Å². The number of benzene rings is 10. The number of hydrogen-bond donors (Lipinski definition) is 0. The molecule has 0 aromatic heterocycles. The van der Waals surface area contributed by atoms with E-state index in [1.165, 1.54) is 87.6 Å². The Morgan fingerprint density at radius 1 is 0.255 bits per heavy atom. The molecule has 1 heteroatoms. The second-order valence-corrected chi connectivity index (χ2v) is 13.6. The largest absolute Gasteiger partial charge is 0.456 e. The summed E-state index contributed by atoms with van der Waals surface area (Å²) in [4.78, 5) is 0. The first-order chi connectivity index (χ1) is 25.3. The molecule has 0 N–H and O–H groups in total. The molecule has 0 unspecified atom stereocenters. The molecule has 236 valence electrons. The second kappa shape index (κ2) is 10.9. The fourth-order valence-corrected chi connectivity index (χ4v) is 8.38. The lowest BCUT2D eigenvalue weighted by molar-refractivity contribution is 0.487. The Bertz CT molecular complexity index is 2960. The molecule has 0 spiro atoms. The smallest absolute Gasteiger partial charge is 0.136 e. The summed E-state index contributed by atoms with van der Waals surface area (Å²) in [5.74, 6) is 1.80. The average Bonchev–Trinajstić information content (AvgIpc) is 3.20. The van der Waals surface area contributed by atoms with Crippen LogP contribution < -0.4 is 4.74 Å². The SMILES string of the molecule is c1ccc(-c2ccc3c(c2)-c2cccc4cc(-c5ccc(-c6ccc7ccc8c(-c9ccccc9)ccc9ccc6c7c98)cc5)cc(c24)O3)cc1. The van der Waals surface area contributed by atoms with Gasteiger partial charge in [0.25, 0.3) is 0 Å². The minimum Gasteiger partial charge on any atom is -0.456 e. The van der Waals surface area contributed by atoms with E-state index in [1.807, 2.05) is 0 Å². The monoisotopic (exact) mass is 646 g/mol. The Hall–Kier alpha value is -6.70. The summed E-state index contributed by atoms with van der Waals surface area (Å²) in [5.41, 5.74) is 12.0. The van der Waals surface area contributed by atoms with E-state index in [0.717, 1.165) is 22.6 Å².